The molecule has 0 aliphatic carbocycles. The normalized spacial score (nSPS) is 22.4. The molecule has 6 heteroatoms. The lowest BCUT2D eigenvalue weighted by molar-refractivity contribution is -0.141. The molecule has 1 aromatic carbocycles. The van der Waals surface area contributed by atoms with Gasteiger partial charge in [-0.05, 0) is 12.0 Å². The van der Waals surface area contributed by atoms with E-state index in [1.807, 2.05) is 30.3 Å². The fourth-order valence-corrected chi connectivity index (χ4v) is 2.29. The van der Waals surface area contributed by atoms with Crippen LogP contribution in [0.5, 0.6) is 0 Å². The van der Waals surface area contributed by atoms with Crippen LogP contribution < -0.4 is 5.32 Å². The lowest BCUT2D eigenvalue weighted by Crippen LogP contribution is -2.40. The van der Waals surface area contributed by atoms with Crippen LogP contribution in [0, 0.1) is 0 Å². The van der Waals surface area contributed by atoms with Gasteiger partial charge < -0.3 is 15.5 Å². The maximum Gasteiger partial charge on any atom is 0.408 e. The Balaban J connectivity index is 1.93. The minimum absolute atomic E-state index is 0.127. The molecule has 0 spiro atoms. The summed E-state index contributed by atoms with van der Waals surface area (Å²) in [6.45, 7) is 0.810. The highest BCUT2D eigenvalue weighted by atomic mass is 16.4. The van der Waals surface area contributed by atoms with Crippen molar-refractivity contribution in [2.45, 2.75) is 25.0 Å². The molecule has 2 atom stereocenters. The summed E-state index contributed by atoms with van der Waals surface area (Å²) < 4.78 is 0. The third-order valence-electron chi connectivity index (χ3n) is 3.27. The number of carboxylic acid groups (broad SMARTS) is 2. The summed E-state index contributed by atoms with van der Waals surface area (Å²) in [6, 6.07) is 8.62. The molecular weight excluding hydrogens is 248 g/mol. The molecule has 1 amide bonds. The molecule has 3 N–H and O–H groups in total. The van der Waals surface area contributed by atoms with Gasteiger partial charge in [-0.3, -0.25) is 4.90 Å². The third-order valence-corrected chi connectivity index (χ3v) is 3.27. The molecule has 6 nitrogen and oxygen atoms in total. The number of hydrogen-bond acceptors (Lipinski definition) is 3. The second-order valence-electron chi connectivity index (χ2n) is 4.59. The zero-order valence-electron chi connectivity index (χ0n) is 10.3. The Labute approximate surface area is 110 Å². The van der Waals surface area contributed by atoms with Crippen molar-refractivity contribution < 1.29 is 19.8 Å². The van der Waals surface area contributed by atoms with Crippen molar-refractivity contribution >= 4 is 12.1 Å². The van der Waals surface area contributed by atoms with Crippen LogP contribution in [0.25, 0.3) is 0 Å². The fourth-order valence-electron chi connectivity index (χ4n) is 2.29. The molecular formula is C13H16N2O4. The third kappa shape index (κ3) is 3.23. The number of rotatable bonds is 4. The largest absolute Gasteiger partial charge is 0.480 e. The number of amides is 1. The van der Waals surface area contributed by atoms with Gasteiger partial charge in [0.05, 0.1) is 0 Å². The van der Waals surface area contributed by atoms with Gasteiger partial charge >= 0.3 is 12.1 Å². The highest BCUT2D eigenvalue weighted by molar-refractivity contribution is 5.80. The molecule has 1 fully saturated rings. The molecule has 102 valence electrons. The molecule has 1 heterocycles. The Morgan fingerprint density at radius 2 is 1.95 bits per heavy atom. The number of carbonyl (C=O) groups is 2. The predicted molar refractivity (Wildman–Crippen MR) is 67.8 cm³/mol. The van der Waals surface area contributed by atoms with Crippen molar-refractivity contribution in [1.29, 1.82) is 0 Å². The van der Waals surface area contributed by atoms with E-state index in [0.29, 0.717) is 13.0 Å². The van der Waals surface area contributed by atoms with Gasteiger partial charge in [0.2, 0.25) is 0 Å². The topological polar surface area (TPSA) is 89.9 Å². The van der Waals surface area contributed by atoms with E-state index >= 15 is 0 Å². The molecule has 19 heavy (non-hydrogen) atoms. The van der Waals surface area contributed by atoms with E-state index in [1.54, 1.807) is 0 Å². The van der Waals surface area contributed by atoms with E-state index in [9.17, 15) is 9.59 Å². The number of benzene rings is 1. The number of nitrogens with zero attached hydrogens (tertiary/aromatic N) is 1. The molecule has 2 unspecified atom stereocenters. The first-order valence-electron chi connectivity index (χ1n) is 6.07. The molecule has 0 saturated carbocycles. The maximum atomic E-state index is 11.0. The molecule has 0 aromatic heterocycles. The number of nitrogens with one attached hydrogen (secondary N) is 1. The van der Waals surface area contributed by atoms with Crippen LogP contribution in [-0.2, 0) is 11.3 Å². The van der Waals surface area contributed by atoms with E-state index in [1.165, 1.54) is 0 Å². The average Bonchev–Trinajstić information content (AvgIpc) is 2.82. The monoisotopic (exact) mass is 264 g/mol. The smallest absolute Gasteiger partial charge is 0.408 e. The van der Waals surface area contributed by atoms with Gasteiger partial charge in [-0.1, -0.05) is 30.3 Å². The number of aliphatic carboxylic acids is 1. The number of hydrogen-bond donors (Lipinski definition) is 3. The predicted octanol–water partition coefficient (Wildman–Crippen LogP) is 0.982. The lowest BCUT2D eigenvalue weighted by Gasteiger charge is -2.16. The molecule has 0 radical (unpaired) electrons. The number of likely N-dealkylation sites (tertiary alicyclic amines) is 1. The molecule has 1 aromatic rings. The van der Waals surface area contributed by atoms with Crippen LogP contribution in [0.1, 0.15) is 12.0 Å². The second-order valence-corrected chi connectivity index (χ2v) is 4.59. The van der Waals surface area contributed by atoms with Crippen LogP contribution >= 0.6 is 0 Å². The van der Waals surface area contributed by atoms with E-state index in [0.717, 1.165) is 10.5 Å². The Morgan fingerprint density at radius 3 is 2.47 bits per heavy atom. The first kappa shape index (κ1) is 13.4. The Kier molecular flexibility index (Phi) is 4.01. The Morgan fingerprint density at radius 1 is 1.26 bits per heavy atom. The van der Waals surface area contributed by atoms with E-state index in [4.69, 9.17) is 10.2 Å². The van der Waals surface area contributed by atoms with Gasteiger partial charge in [0.1, 0.15) is 6.04 Å². The summed E-state index contributed by atoms with van der Waals surface area (Å²) in [7, 11) is 0. The van der Waals surface area contributed by atoms with E-state index in [-0.39, 0.29) is 12.6 Å². The second kappa shape index (κ2) is 5.71. The van der Waals surface area contributed by atoms with Crippen molar-refractivity contribution in [2.75, 3.05) is 6.54 Å². The van der Waals surface area contributed by atoms with Gasteiger partial charge in [-0.2, -0.15) is 0 Å². The van der Waals surface area contributed by atoms with E-state index in [2.05, 4.69) is 5.32 Å². The van der Waals surface area contributed by atoms with Crippen LogP contribution in [0.2, 0.25) is 0 Å². The van der Waals surface area contributed by atoms with Crippen LogP contribution in [-0.4, -0.2) is 45.8 Å². The molecule has 1 aliphatic heterocycles. The van der Waals surface area contributed by atoms with Gasteiger partial charge in [0, 0.05) is 19.1 Å². The van der Waals surface area contributed by atoms with Crippen molar-refractivity contribution in [3.8, 4) is 0 Å². The van der Waals surface area contributed by atoms with Gasteiger partial charge in [-0.25, -0.2) is 9.59 Å². The zero-order chi connectivity index (χ0) is 13.8. The SMILES string of the molecule is O=C(O)C1CC(NCc2ccccc2)CN1C(=O)O. The molecule has 0 bridgehead atoms. The standard InChI is InChI=1S/C13H16N2O4/c16-12(17)11-6-10(8-15(11)13(18)19)14-7-9-4-2-1-3-5-9/h1-5,10-11,14H,6-8H2,(H,16,17)(H,18,19). The van der Waals surface area contributed by atoms with Crippen molar-refractivity contribution in [2.24, 2.45) is 0 Å². The summed E-state index contributed by atoms with van der Waals surface area (Å²) >= 11 is 0. The minimum atomic E-state index is -1.18. The maximum absolute atomic E-state index is 11.0. The zero-order valence-corrected chi connectivity index (χ0v) is 10.3. The van der Waals surface area contributed by atoms with Crippen molar-refractivity contribution in [3.63, 3.8) is 0 Å². The average molecular weight is 264 g/mol. The molecule has 1 saturated heterocycles. The summed E-state index contributed by atoms with van der Waals surface area (Å²) in [5.41, 5.74) is 1.09. The van der Waals surface area contributed by atoms with Gasteiger partial charge in [-0.15, -0.1) is 0 Å². The van der Waals surface area contributed by atoms with E-state index < -0.39 is 18.1 Å². The van der Waals surface area contributed by atoms with Gasteiger partial charge in [0.15, 0.2) is 0 Å². The number of carboxylic acids is 1. The van der Waals surface area contributed by atoms with Crippen molar-refractivity contribution in [3.05, 3.63) is 35.9 Å². The quantitative estimate of drug-likeness (QED) is 0.754. The highest BCUT2D eigenvalue weighted by Crippen LogP contribution is 2.18. The molecule has 1 aliphatic rings. The lowest BCUT2D eigenvalue weighted by atomic mass is 10.1. The summed E-state index contributed by atoms with van der Waals surface area (Å²) in [4.78, 5) is 23.0. The summed E-state index contributed by atoms with van der Waals surface area (Å²) in [6.07, 6.45) is -0.884. The van der Waals surface area contributed by atoms with Gasteiger partial charge in [0.25, 0.3) is 0 Å². The Bertz CT molecular complexity index is 441. The Hall–Kier alpha value is -2.08. The summed E-state index contributed by atoms with van der Waals surface area (Å²) in [5.74, 6) is -1.09. The first-order valence-corrected chi connectivity index (χ1v) is 6.07. The first-order chi connectivity index (χ1) is 9.08. The molecule has 2 rings (SSSR count). The summed E-state index contributed by atoms with van der Waals surface area (Å²) in [5, 5.41) is 21.2. The highest BCUT2D eigenvalue weighted by Gasteiger charge is 2.39. The fraction of sp³-hybridized carbons (Fsp3) is 0.385. The van der Waals surface area contributed by atoms with Crippen LogP contribution in [0.3, 0.4) is 0 Å². The minimum Gasteiger partial charge on any atom is -0.480 e. The van der Waals surface area contributed by atoms with Crippen LogP contribution in [0.15, 0.2) is 30.3 Å². The van der Waals surface area contributed by atoms with Crippen LogP contribution in [0.4, 0.5) is 4.79 Å². The van der Waals surface area contributed by atoms with Crippen molar-refractivity contribution in [1.82, 2.24) is 10.2 Å².